The van der Waals surface area contributed by atoms with Crippen molar-refractivity contribution in [2.75, 3.05) is 36.9 Å². The zero-order valence-electron chi connectivity index (χ0n) is 21.0. The molecular formula is C27H36F3N5O2. The summed E-state index contributed by atoms with van der Waals surface area (Å²) in [4.78, 5) is 9.63. The Kier molecular flexibility index (Phi) is 8.16. The van der Waals surface area contributed by atoms with Gasteiger partial charge in [0.05, 0.1) is 5.69 Å². The number of hydrogen-bond donors (Lipinski definition) is 4. The molecule has 4 N–H and O–H groups in total. The van der Waals surface area contributed by atoms with Crippen LogP contribution in [0.15, 0.2) is 24.4 Å². The third-order valence-corrected chi connectivity index (χ3v) is 7.85. The fraction of sp³-hybridized carbons (Fsp3) is 0.630. The molecule has 7 nitrogen and oxygen atoms in total. The lowest BCUT2D eigenvalue weighted by Gasteiger charge is -2.31. The van der Waals surface area contributed by atoms with E-state index in [1.54, 1.807) is 0 Å². The molecule has 37 heavy (non-hydrogen) atoms. The van der Waals surface area contributed by atoms with E-state index in [9.17, 15) is 18.3 Å². The van der Waals surface area contributed by atoms with Crippen molar-refractivity contribution >= 4 is 11.6 Å². The fourth-order valence-corrected chi connectivity index (χ4v) is 5.52. The van der Waals surface area contributed by atoms with Crippen molar-refractivity contribution < 1.29 is 23.0 Å². The van der Waals surface area contributed by atoms with Gasteiger partial charge < -0.3 is 25.8 Å². The zero-order chi connectivity index (χ0) is 25.8. The van der Waals surface area contributed by atoms with Crippen LogP contribution < -0.4 is 16.0 Å². The standard InChI is InChI=1S/C27H36F3N5O2/c28-27(29,30)23(36)16-31-20-4-6-21(7-5-20)34-25-13-22-19(15-33-25)2-1-18-3-8-24(35-26(18)22)32-14-17-9-11-37-12-10-17/h3,8,13,15,17,20-21,23,31,36H,1-2,4-7,9-12,14,16H2,(H,32,35)(H,33,34)/t20-,21-,23-/m0/s1. The summed E-state index contributed by atoms with van der Waals surface area (Å²) in [5.41, 5.74) is 4.57. The first-order chi connectivity index (χ1) is 17.8. The molecule has 1 saturated heterocycles. The van der Waals surface area contributed by atoms with Crippen molar-refractivity contribution in [2.45, 2.75) is 75.7 Å². The number of anilines is 2. The molecule has 3 aliphatic rings. The summed E-state index contributed by atoms with van der Waals surface area (Å²) < 4.78 is 43.1. The number of rotatable bonds is 8. The van der Waals surface area contributed by atoms with Gasteiger partial charge in [-0.3, -0.25) is 0 Å². The molecule has 0 radical (unpaired) electrons. The van der Waals surface area contributed by atoms with Gasteiger partial charge in [0.25, 0.3) is 0 Å². The SMILES string of the molecule is O[C@@H](CN[C@H]1CC[C@H](Nc2cc3c(cn2)CCc2ccc(NCC4CCOCC4)nc2-3)CC1)C(F)(F)F. The smallest absolute Gasteiger partial charge is 0.382 e. The molecule has 1 aliphatic heterocycles. The highest BCUT2D eigenvalue weighted by Crippen LogP contribution is 2.34. The number of fused-ring (bicyclic) bond motifs is 3. The van der Waals surface area contributed by atoms with Crippen molar-refractivity contribution in [3.8, 4) is 11.3 Å². The van der Waals surface area contributed by atoms with Crippen LogP contribution in [-0.4, -0.2) is 65.7 Å². The van der Waals surface area contributed by atoms with Crippen molar-refractivity contribution in [1.82, 2.24) is 15.3 Å². The fourth-order valence-electron chi connectivity index (χ4n) is 5.52. The Labute approximate surface area is 215 Å². The predicted molar refractivity (Wildman–Crippen MR) is 137 cm³/mol. The Morgan fingerprint density at radius 1 is 0.973 bits per heavy atom. The van der Waals surface area contributed by atoms with Gasteiger partial charge in [0.15, 0.2) is 6.10 Å². The summed E-state index contributed by atoms with van der Waals surface area (Å²) in [5, 5.41) is 19.1. The van der Waals surface area contributed by atoms with Crippen LogP contribution >= 0.6 is 0 Å². The van der Waals surface area contributed by atoms with Gasteiger partial charge in [-0.25, -0.2) is 9.97 Å². The molecule has 5 rings (SSSR count). The number of aliphatic hydroxyl groups is 1. The van der Waals surface area contributed by atoms with Gasteiger partial charge in [0.2, 0.25) is 0 Å². The third kappa shape index (κ3) is 6.72. The van der Waals surface area contributed by atoms with Gasteiger partial charge in [0.1, 0.15) is 11.6 Å². The van der Waals surface area contributed by atoms with Crippen LogP contribution in [0.25, 0.3) is 11.3 Å². The van der Waals surface area contributed by atoms with E-state index < -0.39 is 18.8 Å². The monoisotopic (exact) mass is 519 g/mol. The normalized spacial score (nSPS) is 23.1. The highest BCUT2D eigenvalue weighted by Gasteiger charge is 2.38. The lowest BCUT2D eigenvalue weighted by atomic mass is 9.89. The number of nitrogens with one attached hydrogen (secondary N) is 3. The average molecular weight is 520 g/mol. The van der Waals surface area contributed by atoms with Crippen LogP contribution in [0.1, 0.15) is 49.7 Å². The Hall–Kier alpha value is -2.43. The van der Waals surface area contributed by atoms with Crippen LogP contribution in [0.2, 0.25) is 0 Å². The Morgan fingerprint density at radius 2 is 1.70 bits per heavy atom. The quantitative estimate of drug-likeness (QED) is 0.413. The highest BCUT2D eigenvalue weighted by molar-refractivity contribution is 5.73. The Balaban J connectivity index is 1.18. The lowest BCUT2D eigenvalue weighted by Crippen LogP contribution is -2.44. The van der Waals surface area contributed by atoms with Crippen molar-refractivity contribution in [2.24, 2.45) is 5.92 Å². The van der Waals surface area contributed by atoms with Gasteiger partial charge in [0, 0.05) is 50.1 Å². The summed E-state index contributed by atoms with van der Waals surface area (Å²) in [5.74, 6) is 2.31. The van der Waals surface area contributed by atoms with Crippen LogP contribution in [0.5, 0.6) is 0 Å². The van der Waals surface area contributed by atoms with Gasteiger partial charge in [-0.2, -0.15) is 13.2 Å². The molecule has 3 heterocycles. The Bertz CT molecular complexity index is 1050. The zero-order valence-corrected chi connectivity index (χ0v) is 21.0. The number of pyridine rings is 2. The molecule has 0 amide bonds. The largest absolute Gasteiger partial charge is 0.415 e. The Morgan fingerprint density at radius 3 is 2.46 bits per heavy atom. The highest BCUT2D eigenvalue weighted by atomic mass is 19.4. The van der Waals surface area contributed by atoms with Crippen LogP contribution in [0, 0.1) is 5.92 Å². The molecule has 1 saturated carbocycles. The number of nitrogens with zero attached hydrogens (tertiary/aromatic N) is 2. The molecule has 2 aromatic rings. The average Bonchev–Trinajstić information content (AvgIpc) is 2.91. The van der Waals surface area contributed by atoms with E-state index in [2.05, 4.69) is 39.1 Å². The number of alkyl halides is 3. The maximum absolute atomic E-state index is 12.5. The van der Waals surface area contributed by atoms with Crippen molar-refractivity contribution in [3.63, 3.8) is 0 Å². The van der Waals surface area contributed by atoms with Crippen LogP contribution in [0.3, 0.4) is 0 Å². The molecule has 2 fully saturated rings. The number of aromatic nitrogens is 2. The minimum absolute atomic E-state index is 0.0188. The minimum atomic E-state index is -4.58. The van der Waals surface area contributed by atoms with E-state index in [0.717, 1.165) is 94.0 Å². The van der Waals surface area contributed by atoms with E-state index in [0.29, 0.717) is 5.92 Å². The van der Waals surface area contributed by atoms with E-state index in [4.69, 9.17) is 9.72 Å². The van der Waals surface area contributed by atoms with E-state index in [1.165, 1.54) is 11.1 Å². The summed E-state index contributed by atoms with van der Waals surface area (Å²) >= 11 is 0. The van der Waals surface area contributed by atoms with Gasteiger partial charge in [-0.1, -0.05) is 6.07 Å². The second-order valence-corrected chi connectivity index (χ2v) is 10.5. The molecule has 202 valence electrons. The first-order valence-electron chi connectivity index (χ1n) is 13.4. The van der Waals surface area contributed by atoms with Gasteiger partial charge in [-0.05, 0) is 80.5 Å². The van der Waals surface area contributed by atoms with Crippen molar-refractivity contribution in [3.05, 3.63) is 35.5 Å². The third-order valence-electron chi connectivity index (χ3n) is 7.85. The molecule has 2 aromatic heterocycles. The number of aliphatic hydroxyl groups excluding tert-OH is 1. The molecule has 0 bridgehead atoms. The van der Waals surface area contributed by atoms with Gasteiger partial charge in [-0.15, -0.1) is 0 Å². The summed E-state index contributed by atoms with van der Waals surface area (Å²) in [7, 11) is 0. The second kappa shape index (κ2) is 11.5. The summed E-state index contributed by atoms with van der Waals surface area (Å²) in [6.45, 7) is 2.10. The molecule has 0 unspecified atom stereocenters. The maximum atomic E-state index is 12.5. The lowest BCUT2D eigenvalue weighted by molar-refractivity contribution is -0.202. The van der Waals surface area contributed by atoms with E-state index >= 15 is 0 Å². The van der Waals surface area contributed by atoms with Crippen LogP contribution in [-0.2, 0) is 17.6 Å². The maximum Gasteiger partial charge on any atom is 0.415 e. The first-order valence-corrected chi connectivity index (χ1v) is 13.4. The molecule has 2 aliphatic carbocycles. The second-order valence-electron chi connectivity index (χ2n) is 10.5. The van der Waals surface area contributed by atoms with Crippen LogP contribution in [0.4, 0.5) is 24.8 Å². The molecule has 0 aromatic carbocycles. The topological polar surface area (TPSA) is 91.3 Å². The van der Waals surface area contributed by atoms with Crippen molar-refractivity contribution in [1.29, 1.82) is 0 Å². The number of halogens is 3. The summed E-state index contributed by atoms with van der Waals surface area (Å²) in [6, 6.07) is 6.53. The molecule has 10 heteroatoms. The minimum Gasteiger partial charge on any atom is -0.382 e. The molecule has 0 spiro atoms. The van der Waals surface area contributed by atoms with Gasteiger partial charge >= 0.3 is 6.18 Å². The predicted octanol–water partition coefficient (Wildman–Crippen LogP) is 4.32. The number of aryl methyl sites for hydroxylation is 2. The van der Waals surface area contributed by atoms with E-state index in [-0.39, 0.29) is 12.1 Å². The number of hydrogen-bond acceptors (Lipinski definition) is 7. The van der Waals surface area contributed by atoms with E-state index in [1.807, 2.05) is 6.20 Å². The molecular weight excluding hydrogens is 483 g/mol. The molecule has 1 atom stereocenters. The number of ether oxygens (including phenoxy) is 1. The summed E-state index contributed by atoms with van der Waals surface area (Å²) in [6.07, 6.45) is 2.23. The first kappa shape index (κ1) is 26.2.